The Kier molecular flexibility index (Phi) is 5.09. The molecular formula is C14H17N3O3. The zero-order chi connectivity index (χ0) is 15.2. The average Bonchev–Trinajstić information content (AvgIpc) is 2.34. The van der Waals surface area contributed by atoms with Crippen molar-refractivity contribution < 1.29 is 14.3 Å². The van der Waals surface area contributed by atoms with Gasteiger partial charge in [0, 0.05) is 12.0 Å². The summed E-state index contributed by atoms with van der Waals surface area (Å²) in [6.45, 7) is 3.15. The highest BCUT2D eigenvalue weighted by molar-refractivity contribution is 5.80. The molecule has 6 heteroatoms. The minimum atomic E-state index is -0.735. The van der Waals surface area contributed by atoms with E-state index in [-0.39, 0.29) is 18.9 Å². The molecule has 6 nitrogen and oxygen atoms in total. The highest BCUT2D eigenvalue weighted by Crippen LogP contribution is 2.16. The first-order valence-corrected chi connectivity index (χ1v) is 6.05. The van der Waals surface area contributed by atoms with Crippen LogP contribution in [0.15, 0.2) is 24.3 Å². The van der Waals surface area contributed by atoms with Gasteiger partial charge in [-0.25, -0.2) is 0 Å². The van der Waals surface area contributed by atoms with Crippen LogP contribution in [-0.4, -0.2) is 24.0 Å². The van der Waals surface area contributed by atoms with Crippen LogP contribution in [0, 0.1) is 11.3 Å². The van der Waals surface area contributed by atoms with Gasteiger partial charge in [-0.05, 0) is 26.0 Å². The van der Waals surface area contributed by atoms with E-state index in [0.29, 0.717) is 11.3 Å². The predicted molar refractivity (Wildman–Crippen MR) is 72.7 cm³/mol. The van der Waals surface area contributed by atoms with Crippen LogP contribution in [0.5, 0.6) is 5.75 Å². The molecule has 20 heavy (non-hydrogen) atoms. The summed E-state index contributed by atoms with van der Waals surface area (Å²) >= 11 is 0. The Balaban J connectivity index is 2.56. The number of carbonyl (C=O) groups excluding carboxylic acids is 2. The van der Waals surface area contributed by atoms with Gasteiger partial charge in [-0.1, -0.05) is 12.1 Å². The Hall–Kier alpha value is -2.55. The van der Waals surface area contributed by atoms with Gasteiger partial charge in [0.25, 0.3) is 5.91 Å². The second kappa shape index (κ2) is 6.57. The summed E-state index contributed by atoms with van der Waals surface area (Å²) < 4.78 is 5.29. The number of para-hydroxylation sites is 1. The van der Waals surface area contributed by atoms with Gasteiger partial charge in [-0.15, -0.1) is 0 Å². The van der Waals surface area contributed by atoms with Gasteiger partial charge in [-0.2, -0.15) is 5.26 Å². The van der Waals surface area contributed by atoms with Crippen molar-refractivity contribution in [1.82, 2.24) is 5.32 Å². The molecule has 0 aromatic heterocycles. The third-order valence-corrected chi connectivity index (χ3v) is 2.46. The van der Waals surface area contributed by atoms with Crippen LogP contribution < -0.4 is 15.8 Å². The summed E-state index contributed by atoms with van der Waals surface area (Å²) in [5.74, 6) is -0.534. The molecular weight excluding hydrogens is 258 g/mol. The van der Waals surface area contributed by atoms with Crippen molar-refractivity contribution in [2.75, 3.05) is 6.61 Å². The van der Waals surface area contributed by atoms with E-state index in [1.807, 2.05) is 6.07 Å². The maximum Gasteiger partial charge on any atom is 0.258 e. The normalized spacial score (nSPS) is 10.4. The minimum absolute atomic E-state index is 0.0352. The number of nitrogens with two attached hydrogens (primary N) is 1. The fraction of sp³-hybridized carbons (Fsp3) is 0.357. The molecule has 0 saturated heterocycles. The fourth-order valence-electron chi connectivity index (χ4n) is 1.72. The van der Waals surface area contributed by atoms with Gasteiger partial charge in [0.2, 0.25) is 5.91 Å². The lowest BCUT2D eigenvalue weighted by molar-refractivity contribution is -0.125. The molecule has 0 heterocycles. The van der Waals surface area contributed by atoms with Crippen LogP contribution in [0.3, 0.4) is 0 Å². The van der Waals surface area contributed by atoms with E-state index < -0.39 is 11.4 Å². The molecule has 0 fully saturated rings. The summed E-state index contributed by atoms with van der Waals surface area (Å²) in [7, 11) is 0. The molecule has 0 aliphatic carbocycles. The third kappa shape index (κ3) is 4.98. The van der Waals surface area contributed by atoms with E-state index in [4.69, 9.17) is 15.7 Å². The van der Waals surface area contributed by atoms with Gasteiger partial charge in [0.15, 0.2) is 6.61 Å². The van der Waals surface area contributed by atoms with Crippen molar-refractivity contribution in [2.24, 2.45) is 5.73 Å². The van der Waals surface area contributed by atoms with Crippen molar-refractivity contribution in [1.29, 1.82) is 5.26 Å². The van der Waals surface area contributed by atoms with Crippen LogP contribution >= 0.6 is 0 Å². The standard InChI is InChI=1S/C14H17N3O3/c1-14(2,7-12(16)18)17-13(19)9-20-11-6-4-3-5-10(11)8-15/h3-6H,7,9H2,1-2H3,(H2,16,18)(H,17,19). The summed E-state index contributed by atoms with van der Waals surface area (Å²) in [6.07, 6.45) is 0.0352. The largest absolute Gasteiger partial charge is 0.482 e. The summed E-state index contributed by atoms with van der Waals surface area (Å²) in [4.78, 5) is 22.6. The third-order valence-electron chi connectivity index (χ3n) is 2.46. The Bertz CT molecular complexity index is 547. The number of ether oxygens (including phenoxy) is 1. The summed E-state index contributed by atoms with van der Waals surface area (Å²) in [5.41, 5.74) is 4.72. The molecule has 1 aromatic carbocycles. The molecule has 0 atom stereocenters. The summed E-state index contributed by atoms with van der Waals surface area (Å²) in [5, 5.41) is 11.5. The molecule has 0 spiro atoms. The Morgan fingerprint density at radius 3 is 2.65 bits per heavy atom. The summed E-state index contributed by atoms with van der Waals surface area (Å²) in [6, 6.07) is 8.61. The van der Waals surface area contributed by atoms with Crippen molar-refractivity contribution >= 4 is 11.8 Å². The second-order valence-corrected chi connectivity index (χ2v) is 4.97. The van der Waals surface area contributed by atoms with E-state index in [1.54, 1.807) is 38.1 Å². The molecule has 3 N–H and O–H groups in total. The highest BCUT2D eigenvalue weighted by Gasteiger charge is 2.23. The van der Waals surface area contributed by atoms with Crippen LogP contribution in [0.2, 0.25) is 0 Å². The van der Waals surface area contributed by atoms with E-state index in [1.165, 1.54) is 0 Å². The molecule has 0 aliphatic heterocycles. The van der Waals surface area contributed by atoms with Crippen molar-refractivity contribution in [3.8, 4) is 11.8 Å². The molecule has 2 amide bonds. The van der Waals surface area contributed by atoms with Gasteiger partial charge in [-0.3, -0.25) is 9.59 Å². The zero-order valence-electron chi connectivity index (χ0n) is 11.5. The van der Waals surface area contributed by atoms with Gasteiger partial charge in [0.05, 0.1) is 5.56 Å². The quantitative estimate of drug-likeness (QED) is 0.797. The predicted octanol–water partition coefficient (Wildman–Crippen LogP) is 0.707. The number of hydrogen-bond acceptors (Lipinski definition) is 4. The first-order valence-electron chi connectivity index (χ1n) is 6.05. The fourth-order valence-corrected chi connectivity index (χ4v) is 1.72. The monoisotopic (exact) mass is 275 g/mol. The Morgan fingerprint density at radius 2 is 2.05 bits per heavy atom. The molecule has 0 unspecified atom stereocenters. The Morgan fingerprint density at radius 1 is 1.40 bits per heavy atom. The van der Waals surface area contributed by atoms with Crippen LogP contribution in [0.1, 0.15) is 25.8 Å². The van der Waals surface area contributed by atoms with Crippen molar-refractivity contribution in [3.63, 3.8) is 0 Å². The van der Waals surface area contributed by atoms with E-state index >= 15 is 0 Å². The molecule has 0 aliphatic rings. The SMILES string of the molecule is CC(C)(CC(N)=O)NC(=O)COc1ccccc1C#N. The lowest BCUT2D eigenvalue weighted by atomic mass is 10.0. The molecule has 0 radical (unpaired) electrons. The highest BCUT2D eigenvalue weighted by atomic mass is 16.5. The van der Waals surface area contributed by atoms with Crippen molar-refractivity contribution in [3.05, 3.63) is 29.8 Å². The molecule has 106 valence electrons. The van der Waals surface area contributed by atoms with Crippen LogP contribution in [0.25, 0.3) is 0 Å². The number of hydrogen-bond donors (Lipinski definition) is 2. The second-order valence-electron chi connectivity index (χ2n) is 4.97. The van der Waals surface area contributed by atoms with Crippen molar-refractivity contribution in [2.45, 2.75) is 25.8 Å². The topological polar surface area (TPSA) is 105 Å². The number of rotatable bonds is 6. The van der Waals surface area contributed by atoms with Gasteiger partial charge >= 0.3 is 0 Å². The zero-order valence-corrected chi connectivity index (χ0v) is 11.5. The maximum absolute atomic E-state index is 11.7. The molecule has 0 bridgehead atoms. The first-order chi connectivity index (χ1) is 9.34. The minimum Gasteiger partial charge on any atom is -0.482 e. The van der Waals surface area contributed by atoms with Crippen LogP contribution in [0.4, 0.5) is 0 Å². The van der Waals surface area contributed by atoms with E-state index in [9.17, 15) is 9.59 Å². The number of benzene rings is 1. The van der Waals surface area contributed by atoms with E-state index in [2.05, 4.69) is 5.32 Å². The molecule has 1 aromatic rings. The molecule has 1 rings (SSSR count). The first kappa shape index (κ1) is 15.5. The average molecular weight is 275 g/mol. The number of nitrogens with zero attached hydrogens (tertiary/aromatic N) is 1. The van der Waals surface area contributed by atoms with Crippen LogP contribution in [-0.2, 0) is 9.59 Å². The van der Waals surface area contributed by atoms with E-state index in [0.717, 1.165) is 0 Å². The number of nitrogens with one attached hydrogen (secondary N) is 1. The lowest BCUT2D eigenvalue weighted by Crippen LogP contribution is -2.47. The lowest BCUT2D eigenvalue weighted by Gasteiger charge is -2.24. The number of primary amides is 1. The maximum atomic E-state index is 11.7. The van der Waals surface area contributed by atoms with Gasteiger partial charge < -0.3 is 15.8 Å². The van der Waals surface area contributed by atoms with Gasteiger partial charge in [0.1, 0.15) is 11.8 Å². The number of amides is 2. The number of nitriles is 1. The Labute approximate surface area is 117 Å². The number of carbonyl (C=O) groups is 2. The molecule has 0 saturated carbocycles. The smallest absolute Gasteiger partial charge is 0.258 e.